The maximum atomic E-state index is 12.1. The van der Waals surface area contributed by atoms with E-state index in [1.807, 2.05) is 6.92 Å². The summed E-state index contributed by atoms with van der Waals surface area (Å²) in [5.74, 6) is 0.802. The molecule has 0 atom stereocenters. The summed E-state index contributed by atoms with van der Waals surface area (Å²) in [4.78, 5) is 4.31. The molecule has 0 saturated heterocycles. The fourth-order valence-electron chi connectivity index (χ4n) is 1.76. The molecule has 102 valence electrons. The van der Waals surface area contributed by atoms with Crippen molar-refractivity contribution in [3.63, 3.8) is 0 Å². The van der Waals surface area contributed by atoms with E-state index < -0.39 is 9.84 Å². The lowest BCUT2D eigenvalue weighted by atomic mass is 10.3. The van der Waals surface area contributed by atoms with Crippen molar-refractivity contribution < 1.29 is 8.42 Å². The Morgan fingerprint density at radius 1 is 1.32 bits per heavy atom. The quantitative estimate of drug-likeness (QED) is 0.839. The summed E-state index contributed by atoms with van der Waals surface area (Å²) in [6, 6.07) is 6.89. The normalized spacial score (nSPS) is 11.4. The maximum Gasteiger partial charge on any atom is 0.180 e. The van der Waals surface area contributed by atoms with Crippen LogP contribution in [0.3, 0.4) is 0 Å². The van der Waals surface area contributed by atoms with Gasteiger partial charge in [0.1, 0.15) is 12.2 Å². The molecular weight excluding hydrogens is 264 g/mol. The van der Waals surface area contributed by atoms with Crippen LogP contribution in [-0.2, 0) is 16.4 Å². The van der Waals surface area contributed by atoms with Crippen LogP contribution in [0.15, 0.2) is 35.5 Å². The Kier molecular flexibility index (Phi) is 4.16. The summed E-state index contributed by atoms with van der Waals surface area (Å²) in [5.41, 5.74) is 0.590. The van der Waals surface area contributed by atoms with Crippen LogP contribution >= 0.6 is 0 Å². The van der Waals surface area contributed by atoms with E-state index in [9.17, 15) is 8.42 Å². The largest absolute Gasteiger partial charge is 0.377 e. The van der Waals surface area contributed by atoms with E-state index in [0.29, 0.717) is 29.4 Å². The van der Waals surface area contributed by atoms with Gasteiger partial charge in [-0.25, -0.2) is 13.4 Å². The summed E-state index contributed by atoms with van der Waals surface area (Å²) in [6.07, 6.45) is 2.01. The predicted octanol–water partition coefficient (Wildman–Crippen LogP) is 1.60. The fraction of sp³-hybridized carbons (Fsp3) is 0.333. The Morgan fingerprint density at radius 2 is 2.11 bits per heavy atom. The van der Waals surface area contributed by atoms with Gasteiger partial charge >= 0.3 is 0 Å². The molecule has 0 amide bonds. The van der Waals surface area contributed by atoms with E-state index in [1.165, 1.54) is 6.33 Å². The molecule has 0 fully saturated rings. The van der Waals surface area contributed by atoms with E-state index in [2.05, 4.69) is 20.5 Å². The lowest BCUT2D eigenvalue weighted by Gasteiger charge is -2.11. The molecule has 1 aromatic carbocycles. The standard InChI is InChI=1S/C12H16N4O2S/c1-2-7-19(17,18)11-6-4-3-5-10(11)13-8-12-14-9-15-16-12/h3-6,9,13H,2,7-8H2,1H3,(H,14,15,16). The van der Waals surface area contributed by atoms with Crippen molar-refractivity contribution in [1.82, 2.24) is 15.2 Å². The second kappa shape index (κ2) is 5.83. The Bertz CT molecular complexity index is 623. The van der Waals surface area contributed by atoms with Crippen LogP contribution in [0.1, 0.15) is 19.2 Å². The highest BCUT2D eigenvalue weighted by Gasteiger charge is 2.17. The summed E-state index contributed by atoms with van der Waals surface area (Å²) in [5, 5.41) is 9.53. The number of benzene rings is 1. The number of aromatic nitrogens is 3. The molecule has 1 heterocycles. The van der Waals surface area contributed by atoms with Gasteiger partial charge in [-0.2, -0.15) is 5.10 Å². The molecule has 1 aromatic heterocycles. The van der Waals surface area contributed by atoms with Crippen molar-refractivity contribution in [3.8, 4) is 0 Å². The van der Waals surface area contributed by atoms with Crippen LogP contribution in [0.25, 0.3) is 0 Å². The third-order valence-electron chi connectivity index (χ3n) is 2.61. The van der Waals surface area contributed by atoms with Gasteiger partial charge in [0.2, 0.25) is 0 Å². The first-order valence-corrected chi connectivity index (χ1v) is 7.68. The molecule has 0 spiro atoms. The molecule has 7 heteroatoms. The highest BCUT2D eigenvalue weighted by atomic mass is 32.2. The van der Waals surface area contributed by atoms with Gasteiger partial charge in [0.25, 0.3) is 0 Å². The molecule has 0 aliphatic heterocycles. The van der Waals surface area contributed by atoms with Crippen molar-refractivity contribution >= 4 is 15.5 Å². The third kappa shape index (κ3) is 3.31. The van der Waals surface area contributed by atoms with Crippen LogP contribution in [0.5, 0.6) is 0 Å². The van der Waals surface area contributed by atoms with Crippen molar-refractivity contribution in [2.24, 2.45) is 0 Å². The fourth-order valence-corrected chi connectivity index (χ4v) is 3.28. The minimum atomic E-state index is -3.24. The Balaban J connectivity index is 2.21. The smallest absolute Gasteiger partial charge is 0.180 e. The molecule has 0 bridgehead atoms. The van der Waals surface area contributed by atoms with Crippen molar-refractivity contribution in [1.29, 1.82) is 0 Å². The van der Waals surface area contributed by atoms with Crippen LogP contribution < -0.4 is 5.32 Å². The molecule has 2 rings (SSSR count). The van der Waals surface area contributed by atoms with E-state index in [4.69, 9.17) is 0 Å². The number of sulfone groups is 1. The van der Waals surface area contributed by atoms with Gasteiger partial charge in [0, 0.05) is 0 Å². The van der Waals surface area contributed by atoms with E-state index in [-0.39, 0.29) is 5.75 Å². The number of hydrogen-bond acceptors (Lipinski definition) is 5. The molecule has 19 heavy (non-hydrogen) atoms. The first kappa shape index (κ1) is 13.5. The average Bonchev–Trinajstić information content (AvgIpc) is 2.90. The molecule has 2 N–H and O–H groups in total. The third-order valence-corrected chi connectivity index (χ3v) is 4.58. The SMILES string of the molecule is CCCS(=O)(=O)c1ccccc1NCc1ncn[nH]1. The van der Waals surface area contributed by atoms with Gasteiger partial charge in [-0.05, 0) is 18.6 Å². The van der Waals surface area contributed by atoms with Gasteiger partial charge < -0.3 is 5.32 Å². The highest BCUT2D eigenvalue weighted by Crippen LogP contribution is 2.22. The van der Waals surface area contributed by atoms with Crippen LogP contribution in [-0.4, -0.2) is 29.4 Å². The van der Waals surface area contributed by atoms with Gasteiger partial charge in [0.05, 0.1) is 22.9 Å². The van der Waals surface area contributed by atoms with Crippen molar-refractivity contribution in [2.75, 3.05) is 11.1 Å². The average molecular weight is 280 g/mol. The van der Waals surface area contributed by atoms with Crippen LogP contribution in [0.2, 0.25) is 0 Å². The first-order valence-electron chi connectivity index (χ1n) is 6.03. The molecule has 0 aliphatic carbocycles. The van der Waals surface area contributed by atoms with Gasteiger partial charge in [-0.15, -0.1) is 0 Å². The topological polar surface area (TPSA) is 87.7 Å². The number of rotatable bonds is 6. The number of H-pyrrole nitrogens is 1. The predicted molar refractivity (Wildman–Crippen MR) is 72.5 cm³/mol. The molecular formula is C12H16N4O2S. The molecule has 0 aliphatic rings. The lowest BCUT2D eigenvalue weighted by Crippen LogP contribution is -2.10. The Morgan fingerprint density at radius 3 is 2.79 bits per heavy atom. The number of para-hydroxylation sites is 1. The Labute approximate surface area is 112 Å². The summed E-state index contributed by atoms with van der Waals surface area (Å²) in [7, 11) is -3.24. The summed E-state index contributed by atoms with van der Waals surface area (Å²) < 4.78 is 24.3. The van der Waals surface area contributed by atoms with Crippen LogP contribution in [0, 0.1) is 0 Å². The molecule has 2 aromatic rings. The zero-order valence-electron chi connectivity index (χ0n) is 10.6. The molecule has 0 unspecified atom stereocenters. The van der Waals surface area contributed by atoms with E-state index in [0.717, 1.165) is 0 Å². The zero-order valence-corrected chi connectivity index (χ0v) is 11.4. The second-order valence-electron chi connectivity index (χ2n) is 4.10. The number of anilines is 1. The lowest BCUT2D eigenvalue weighted by molar-refractivity contribution is 0.595. The van der Waals surface area contributed by atoms with Gasteiger partial charge in [0.15, 0.2) is 9.84 Å². The summed E-state index contributed by atoms with van der Waals surface area (Å²) in [6.45, 7) is 2.25. The number of nitrogens with one attached hydrogen (secondary N) is 2. The maximum absolute atomic E-state index is 12.1. The van der Waals surface area contributed by atoms with Crippen LogP contribution in [0.4, 0.5) is 5.69 Å². The molecule has 0 radical (unpaired) electrons. The van der Waals surface area contributed by atoms with Gasteiger partial charge in [-0.1, -0.05) is 19.1 Å². The number of hydrogen-bond donors (Lipinski definition) is 2. The molecule has 6 nitrogen and oxygen atoms in total. The van der Waals surface area contributed by atoms with Crippen molar-refractivity contribution in [2.45, 2.75) is 24.8 Å². The molecule has 0 saturated carbocycles. The van der Waals surface area contributed by atoms with E-state index >= 15 is 0 Å². The van der Waals surface area contributed by atoms with Gasteiger partial charge in [-0.3, -0.25) is 5.10 Å². The van der Waals surface area contributed by atoms with E-state index in [1.54, 1.807) is 24.3 Å². The number of aromatic amines is 1. The first-order chi connectivity index (χ1) is 9.13. The minimum Gasteiger partial charge on any atom is -0.377 e. The minimum absolute atomic E-state index is 0.147. The highest BCUT2D eigenvalue weighted by molar-refractivity contribution is 7.91. The summed E-state index contributed by atoms with van der Waals surface area (Å²) >= 11 is 0. The second-order valence-corrected chi connectivity index (χ2v) is 6.18. The Hall–Kier alpha value is -1.89. The zero-order chi connectivity index (χ0) is 13.7. The monoisotopic (exact) mass is 280 g/mol. The van der Waals surface area contributed by atoms with Crippen molar-refractivity contribution in [3.05, 3.63) is 36.4 Å². The number of nitrogens with zero attached hydrogens (tertiary/aromatic N) is 2.